The van der Waals surface area contributed by atoms with Crippen LogP contribution in [0.4, 0.5) is 4.79 Å². The summed E-state index contributed by atoms with van der Waals surface area (Å²) < 4.78 is 11.2. The second kappa shape index (κ2) is 8.14. The Bertz CT molecular complexity index is 633. The Morgan fingerprint density at radius 3 is 2.63 bits per heavy atom. The summed E-state index contributed by atoms with van der Waals surface area (Å²) in [4.78, 5) is 16.2. The van der Waals surface area contributed by atoms with Crippen LogP contribution in [0.15, 0.2) is 30.3 Å². The molecule has 2 heterocycles. The van der Waals surface area contributed by atoms with Crippen molar-refractivity contribution in [1.82, 2.24) is 9.80 Å². The molecule has 0 radical (unpaired) electrons. The molecular formula is C20H30N2O5. The van der Waals surface area contributed by atoms with Crippen LogP contribution in [-0.2, 0) is 16.1 Å². The van der Waals surface area contributed by atoms with Gasteiger partial charge in [-0.25, -0.2) is 9.69 Å². The number of carbonyl (C=O) groups excluding carboxylic acids is 1. The first-order chi connectivity index (χ1) is 12.8. The maximum Gasteiger partial charge on any atom is 0.410 e. The van der Waals surface area contributed by atoms with Gasteiger partial charge in [0.25, 0.3) is 0 Å². The lowest BCUT2D eigenvalue weighted by atomic mass is 10.0. The van der Waals surface area contributed by atoms with Gasteiger partial charge in [-0.2, -0.15) is 0 Å². The monoisotopic (exact) mass is 378 g/mol. The van der Waals surface area contributed by atoms with Gasteiger partial charge in [0.2, 0.25) is 6.41 Å². The third-order valence-electron chi connectivity index (χ3n) is 5.19. The van der Waals surface area contributed by atoms with Crippen LogP contribution in [0, 0.1) is 5.92 Å². The van der Waals surface area contributed by atoms with Crippen molar-refractivity contribution in [2.75, 3.05) is 19.7 Å². The molecule has 1 amide bonds. The van der Waals surface area contributed by atoms with E-state index in [0.717, 1.165) is 5.56 Å². The highest BCUT2D eigenvalue weighted by atomic mass is 16.6. The molecular weight excluding hydrogens is 348 g/mol. The van der Waals surface area contributed by atoms with Crippen LogP contribution >= 0.6 is 0 Å². The van der Waals surface area contributed by atoms with Gasteiger partial charge in [0.05, 0.1) is 11.6 Å². The zero-order valence-corrected chi connectivity index (χ0v) is 16.2. The van der Waals surface area contributed by atoms with Crippen LogP contribution < -0.4 is 0 Å². The minimum Gasteiger partial charge on any atom is -0.445 e. The predicted molar refractivity (Wildman–Crippen MR) is 99.7 cm³/mol. The van der Waals surface area contributed by atoms with Crippen LogP contribution in [0.1, 0.15) is 32.8 Å². The lowest BCUT2D eigenvalue weighted by Gasteiger charge is -2.34. The molecule has 2 saturated heterocycles. The number of ether oxygens (including phenoxy) is 2. The molecule has 2 N–H and O–H groups in total. The van der Waals surface area contributed by atoms with Gasteiger partial charge in [-0.15, -0.1) is 0 Å². The molecule has 0 aliphatic carbocycles. The molecule has 1 aromatic carbocycles. The first-order valence-corrected chi connectivity index (χ1v) is 9.50. The Morgan fingerprint density at radius 2 is 2.00 bits per heavy atom. The number of carbonyl (C=O) groups is 1. The molecule has 2 fully saturated rings. The van der Waals surface area contributed by atoms with E-state index in [1.807, 2.05) is 56.0 Å². The van der Waals surface area contributed by atoms with Crippen LogP contribution in [0.5, 0.6) is 0 Å². The smallest absolute Gasteiger partial charge is 0.410 e. The molecule has 0 spiro atoms. The number of rotatable bonds is 5. The van der Waals surface area contributed by atoms with Crippen molar-refractivity contribution in [3.8, 4) is 0 Å². The summed E-state index contributed by atoms with van der Waals surface area (Å²) in [5.41, 5.74) is 0.446. The SMILES string of the molecule is CC(C)(C)OC(O)N1CCC2C1C(CO)CN2C(=O)OCc1ccccc1. The summed E-state index contributed by atoms with van der Waals surface area (Å²) in [7, 11) is 0. The molecule has 0 aromatic heterocycles. The van der Waals surface area contributed by atoms with Gasteiger partial charge in [0.15, 0.2) is 0 Å². The van der Waals surface area contributed by atoms with Crippen molar-refractivity contribution < 1.29 is 24.5 Å². The van der Waals surface area contributed by atoms with Crippen molar-refractivity contribution in [2.45, 2.75) is 57.9 Å². The highest BCUT2D eigenvalue weighted by Gasteiger charge is 2.52. The van der Waals surface area contributed by atoms with Gasteiger partial charge in [-0.3, -0.25) is 0 Å². The molecule has 7 nitrogen and oxygen atoms in total. The quantitative estimate of drug-likeness (QED) is 0.760. The fourth-order valence-electron chi connectivity index (χ4n) is 4.06. The van der Waals surface area contributed by atoms with Crippen molar-refractivity contribution in [3.05, 3.63) is 35.9 Å². The molecule has 4 atom stereocenters. The molecule has 27 heavy (non-hydrogen) atoms. The zero-order valence-electron chi connectivity index (χ0n) is 16.2. The van der Waals surface area contributed by atoms with Crippen molar-refractivity contribution in [3.63, 3.8) is 0 Å². The highest BCUT2D eigenvalue weighted by Crippen LogP contribution is 2.37. The van der Waals surface area contributed by atoms with E-state index in [1.54, 1.807) is 4.90 Å². The lowest BCUT2D eigenvalue weighted by Crippen LogP contribution is -2.49. The summed E-state index contributed by atoms with van der Waals surface area (Å²) in [6.07, 6.45) is -0.723. The van der Waals surface area contributed by atoms with Gasteiger partial charge < -0.3 is 24.6 Å². The maximum absolute atomic E-state index is 12.6. The van der Waals surface area contributed by atoms with E-state index in [2.05, 4.69) is 0 Å². The van der Waals surface area contributed by atoms with E-state index in [0.29, 0.717) is 19.5 Å². The van der Waals surface area contributed by atoms with Crippen LogP contribution in [0.25, 0.3) is 0 Å². The third-order valence-corrected chi connectivity index (χ3v) is 5.19. The Morgan fingerprint density at radius 1 is 1.30 bits per heavy atom. The summed E-state index contributed by atoms with van der Waals surface area (Å²) in [5.74, 6) is -0.139. The van der Waals surface area contributed by atoms with E-state index < -0.39 is 12.0 Å². The number of benzene rings is 1. The molecule has 2 aliphatic rings. The summed E-state index contributed by atoms with van der Waals surface area (Å²) in [6.45, 7) is 6.84. The summed E-state index contributed by atoms with van der Waals surface area (Å²) in [6, 6.07) is 9.31. The van der Waals surface area contributed by atoms with E-state index in [4.69, 9.17) is 9.47 Å². The summed E-state index contributed by atoms with van der Waals surface area (Å²) in [5, 5.41) is 20.3. The fourth-order valence-corrected chi connectivity index (χ4v) is 4.06. The number of aliphatic hydroxyl groups excluding tert-OH is 2. The second-order valence-electron chi connectivity index (χ2n) is 8.28. The minimum absolute atomic E-state index is 0.0532. The molecule has 0 saturated carbocycles. The fraction of sp³-hybridized carbons (Fsp3) is 0.650. The first kappa shape index (κ1) is 20.1. The van der Waals surface area contributed by atoms with Crippen molar-refractivity contribution >= 4 is 6.09 Å². The zero-order chi connectivity index (χ0) is 19.6. The highest BCUT2D eigenvalue weighted by molar-refractivity contribution is 5.69. The van der Waals surface area contributed by atoms with Gasteiger partial charge in [-0.05, 0) is 32.8 Å². The average molecular weight is 378 g/mol. The maximum atomic E-state index is 12.6. The van der Waals surface area contributed by atoms with Crippen molar-refractivity contribution in [2.24, 2.45) is 5.92 Å². The number of nitrogens with zero attached hydrogens (tertiary/aromatic N) is 2. The number of aliphatic hydroxyl groups is 2. The Labute approximate surface area is 160 Å². The van der Waals surface area contributed by atoms with E-state index in [-0.39, 0.29) is 37.3 Å². The largest absolute Gasteiger partial charge is 0.445 e. The number of fused-ring (bicyclic) bond motifs is 1. The molecule has 150 valence electrons. The second-order valence-corrected chi connectivity index (χ2v) is 8.28. The first-order valence-electron chi connectivity index (χ1n) is 9.50. The number of hydrogen-bond donors (Lipinski definition) is 2. The van der Waals surface area contributed by atoms with Crippen molar-refractivity contribution in [1.29, 1.82) is 0 Å². The Kier molecular flexibility index (Phi) is 6.05. The molecule has 1 aromatic rings. The van der Waals surface area contributed by atoms with Crippen LogP contribution in [-0.4, -0.2) is 69.9 Å². The number of hydrogen-bond acceptors (Lipinski definition) is 6. The Hall–Kier alpha value is -1.67. The van der Waals surface area contributed by atoms with Gasteiger partial charge in [0, 0.05) is 31.7 Å². The lowest BCUT2D eigenvalue weighted by molar-refractivity contribution is -0.245. The van der Waals surface area contributed by atoms with Crippen LogP contribution in [0.3, 0.4) is 0 Å². The normalized spacial score (nSPS) is 26.9. The van der Waals surface area contributed by atoms with E-state index in [9.17, 15) is 15.0 Å². The third kappa shape index (κ3) is 4.60. The Balaban J connectivity index is 1.65. The molecule has 3 rings (SSSR count). The number of likely N-dealkylation sites (tertiary alicyclic amines) is 2. The number of amides is 1. The standard InChI is InChI=1S/C20H30N2O5/c1-20(2,3)27-19(25)21-10-9-16-17(21)15(12-23)11-22(16)18(24)26-13-14-7-5-4-6-8-14/h4-8,15-17,19,23,25H,9-13H2,1-3H3. The van der Waals surface area contributed by atoms with Gasteiger partial charge >= 0.3 is 6.09 Å². The van der Waals surface area contributed by atoms with Gasteiger partial charge in [0.1, 0.15) is 6.61 Å². The molecule has 7 heteroatoms. The van der Waals surface area contributed by atoms with E-state index >= 15 is 0 Å². The van der Waals surface area contributed by atoms with Gasteiger partial charge in [-0.1, -0.05) is 30.3 Å². The topological polar surface area (TPSA) is 82.5 Å². The minimum atomic E-state index is -1.06. The predicted octanol–water partition coefficient (Wildman–Crippen LogP) is 1.78. The summed E-state index contributed by atoms with van der Waals surface area (Å²) >= 11 is 0. The molecule has 0 bridgehead atoms. The average Bonchev–Trinajstić information content (AvgIpc) is 3.19. The van der Waals surface area contributed by atoms with E-state index in [1.165, 1.54) is 0 Å². The van der Waals surface area contributed by atoms with Crippen LogP contribution in [0.2, 0.25) is 0 Å². The molecule has 2 aliphatic heterocycles. The molecule has 4 unspecified atom stereocenters.